The third kappa shape index (κ3) is 5.77. The van der Waals surface area contributed by atoms with E-state index in [4.69, 9.17) is 29.9 Å². The molecule has 0 saturated carbocycles. The van der Waals surface area contributed by atoms with Crippen LogP contribution in [0.2, 0.25) is 0 Å². The Hall–Kier alpha value is -7.03. The lowest BCUT2D eigenvalue weighted by atomic mass is 10.00. The van der Waals surface area contributed by atoms with Crippen LogP contribution >= 0.6 is 11.3 Å². The van der Waals surface area contributed by atoms with Gasteiger partial charge in [0.1, 0.15) is 22.2 Å². The van der Waals surface area contributed by atoms with Crippen molar-refractivity contribution in [2.24, 2.45) is 0 Å². The van der Waals surface area contributed by atoms with Crippen molar-refractivity contribution in [3.05, 3.63) is 164 Å². The Balaban J connectivity index is 1.00. The monoisotopic (exact) mass is 697 g/mol. The normalized spacial score (nSPS) is 11.4. The summed E-state index contributed by atoms with van der Waals surface area (Å²) >= 11 is 1.58. The van der Waals surface area contributed by atoms with Gasteiger partial charge in [-0.05, 0) is 40.5 Å². The summed E-state index contributed by atoms with van der Waals surface area (Å²) in [6.45, 7) is 0. The molecule has 0 aliphatic heterocycles. The molecule has 10 aromatic rings. The van der Waals surface area contributed by atoms with E-state index >= 15 is 0 Å². The van der Waals surface area contributed by atoms with Crippen molar-refractivity contribution in [1.29, 1.82) is 0 Å². The van der Waals surface area contributed by atoms with Crippen molar-refractivity contribution in [1.82, 2.24) is 34.9 Å². The van der Waals surface area contributed by atoms with Gasteiger partial charge in [0, 0.05) is 22.3 Å². The highest BCUT2D eigenvalue weighted by Crippen LogP contribution is 2.38. The molecule has 8 heteroatoms. The van der Waals surface area contributed by atoms with E-state index in [2.05, 4.69) is 102 Å². The standard InChI is InChI=1S/C45H27N7S/c1-3-10-28(11-4-1)29-18-22-32(23-19-29)43-50-42(31-12-5-2-6-13-31)51-44(52-43)33-24-20-30(21-25-33)34-14-9-15-35(26-34)38-41-39(47-27-46-38)40-45(53-41)49-37-17-8-7-16-36(37)48-40/h1-27H. The number of hydrogen-bond donors (Lipinski definition) is 0. The van der Waals surface area contributed by atoms with Crippen LogP contribution < -0.4 is 0 Å². The van der Waals surface area contributed by atoms with Crippen molar-refractivity contribution >= 4 is 42.9 Å². The minimum atomic E-state index is 0.615. The van der Waals surface area contributed by atoms with Crippen molar-refractivity contribution in [3.63, 3.8) is 0 Å². The van der Waals surface area contributed by atoms with Crippen LogP contribution in [0.5, 0.6) is 0 Å². The molecule has 53 heavy (non-hydrogen) atoms. The lowest BCUT2D eigenvalue weighted by Crippen LogP contribution is -2.00. The van der Waals surface area contributed by atoms with E-state index in [9.17, 15) is 0 Å². The van der Waals surface area contributed by atoms with E-state index in [1.807, 2.05) is 60.7 Å². The molecular formula is C45H27N7S. The van der Waals surface area contributed by atoms with E-state index in [0.29, 0.717) is 17.5 Å². The van der Waals surface area contributed by atoms with Gasteiger partial charge in [0.2, 0.25) is 0 Å². The molecule has 248 valence electrons. The summed E-state index contributed by atoms with van der Waals surface area (Å²) in [5, 5.41) is 0. The first-order valence-corrected chi connectivity index (χ1v) is 18.0. The van der Waals surface area contributed by atoms with Crippen LogP contribution in [-0.4, -0.2) is 34.9 Å². The van der Waals surface area contributed by atoms with Gasteiger partial charge in [-0.2, -0.15) is 0 Å². The molecular weight excluding hydrogens is 671 g/mol. The van der Waals surface area contributed by atoms with Crippen molar-refractivity contribution in [2.45, 2.75) is 0 Å². The second-order valence-electron chi connectivity index (χ2n) is 12.6. The van der Waals surface area contributed by atoms with Crippen molar-refractivity contribution < 1.29 is 0 Å². The zero-order valence-electron chi connectivity index (χ0n) is 28.1. The third-order valence-corrected chi connectivity index (χ3v) is 10.4. The highest BCUT2D eigenvalue weighted by Gasteiger charge is 2.17. The fraction of sp³-hybridized carbons (Fsp3) is 0. The first kappa shape index (κ1) is 30.8. The third-order valence-electron chi connectivity index (χ3n) is 9.30. The molecule has 0 amide bonds. The number of para-hydroxylation sites is 2. The Kier molecular flexibility index (Phi) is 7.51. The summed E-state index contributed by atoms with van der Waals surface area (Å²) in [5.74, 6) is 1.87. The summed E-state index contributed by atoms with van der Waals surface area (Å²) in [6.07, 6.45) is 1.62. The van der Waals surface area contributed by atoms with Crippen LogP contribution in [-0.2, 0) is 0 Å². The summed E-state index contributed by atoms with van der Waals surface area (Å²) in [4.78, 5) is 34.8. The molecule has 0 radical (unpaired) electrons. The zero-order chi connectivity index (χ0) is 35.1. The van der Waals surface area contributed by atoms with Crippen LogP contribution in [0.15, 0.2) is 164 Å². The molecule has 0 aliphatic rings. The SMILES string of the molecule is c1ccc(-c2ccc(-c3nc(-c4ccccc4)nc(-c4ccc(-c5cccc(-c6ncnc7c6sc6nc8ccccc8nc67)c5)cc4)n3)cc2)cc1. The van der Waals surface area contributed by atoms with E-state index in [1.54, 1.807) is 17.7 Å². The summed E-state index contributed by atoms with van der Waals surface area (Å²) in [5.41, 5.74) is 12.4. The summed E-state index contributed by atoms with van der Waals surface area (Å²) in [7, 11) is 0. The fourth-order valence-electron chi connectivity index (χ4n) is 6.60. The number of aromatic nitrogens is 7. The van der Waals surface area contributed by atoms with Crippen LogP contribution in [0, 0.1) is 0 Å². The maximum Gasteiger partial charge on any atom is 0.164 e. The topological polar surface area (TPSA) is 90.2 Å². The van der Waals surface area contributed by atoms with Gasteiger partial charge in [0.15, 0.2) is 17.5 Å². The molecule has 0 fully saturated rings. The maximum atomic E-state index is 4.98. The molecule has 0 atom stereocenters. The average Bonchev–Trinajstić information content (AvgIpc) is 3.61. The van der Waals surface area contributed by atoms with Gasteiger partial charge in [0.05, 0.1) is 21.4 Å². The Labute approximate surface area is 308 Å². The van der Waals surface area contributed by atoms with E-state index in [1.165, 1.54) is 5.56 Å². The maximum absolute atomic E-state index is 4.98. The molecule has 0 aliphatic carbocycles. The zero-order valence-corrected chi connectivity index (χ0v) is 28.9. The van der Waals surface area contributed by atoms with E-state index < -0.39 is 0 Å². The minimum absolute atomic E-state index is 0.615. The van der Waals surface area contributed by atoms with Crippen LogP contribution in [0.25, 0.3) is 99.3 Å². The van der Waals surface area contributed by atoms with Gasteiger partial charge in [-0.25, -0.2) is 34.9 Å². The molecule has 0 unspecified atom stereocenters. The van der Waals surface area contributed by atoms with Gasteiger partial charge in [-0.3, -0.25) is 0 Å². The summed E-state index contributed by atoms with van der Waals surface area (Å²) < 4.78 is 0.972. The summed E-state index contributed by atoms with van der Waals surface area (Å²) in [6, 6.07) is 53.5. The molecule has 6 aromatic carbocycles. The molecule has 0 N–H and O–H groups in total. The predicted octanol–water partition coefficient (Wildman–Crippen LogP) is 11.0. The second kappa shape index (κ2) is 12.9. The van der Waals surface area contributed by atoms with Gasteiger partial charge < -0.3 is 0 Å². The number of rotatable bonds is 6. The lowest BCUT2D eigenvalue weighted by Gasteiger charge is -2.10. The van der Waals surface area contributed by atoms with Gasteiger partial charge >= 0.3 is 0 Å². The molecule has 7 nitrogen and oxygen atoms in total. The predicted molar refractivity (Wildman–Crippen MR) is 214 cm³/mol. The minimum Gasteiger partial charge on any atom is -0.241 e. The first-order chi connectivity index (χ1) is 26.2. The van der Waals surface area contributed by atoms with Gasteiger partial charge in [-0.1, -0.05) is 140 Å². The Bertz CT molecular complexity index is 2930. The molecule has 0 spiro atoms. The van der Waals surface area contributed by atoms with Crippen LogP contribution in [0.3, 0.4) is 0 Å². The van der Waals surface area contributed by atoms with Crippen molar-refractivity contribution in [2.75, 3.05) is 0 Å². The number of thiophene rings is 1. The van der Waals surface area contributed by atoms with E-state index in [0.717, 1.165) is 76.2 Å². The quantitative estimate of drug-likeness (QED) is 0.171. The second-order valence-corrected chi connectivity index (χ2v) is 13.6. The van der Waals surface area contributed by atoms with E-state index in [-0.39, 0.29) is 0 Å². The number of fused-ring (bicyclic) bond motifs is 4. The number of benzene rings is 6. The lowest BCUT2D eigenvalue weighted by molar-refractivity contribution is 1.07. The number of hydrogen-bond acceptors (Lipinski definition) is 8. The van der Waals surface area contributed by atoms with Gasteiger partial charge in [0.25, 0.3) is 0 Å². The first-order valence-electron chi connectivity index (χ1n) is 17.2. The fourth-order valence-corrected chi connectivity index (χ4v) is 7.69. The smallest absolute Gasteiger partial charge is 0.164 e. The Morgan fingerprint density at radius 2 is 0.811 bits per heavy atom. The molecule has 0 saturated heterocycles. The van der Waals surface area contributed by atoms with Gasteiger partial charge in [-0.15, -0.1) is 11.3 Å². The van der Waals surface area contributed by atoms with Crippen molar-refractivity contribution in [3.8, 4) is 67.7 Å². The largest absolute Gasteiger partial charge is 0.241 e. The van der Waals surface area contributed by atoms with Crippen LogP contribution in [0.1, 0.15) is 0 Å². The Morgan fingerprint density at radius 3 is 1.45 bits per heavy atom. The number of nitrogens with zero attached hydrogens (tertiary/aromatic N) is 7. The molecule has 4 heterocycles. The highest BCUT2D eigenvalue weighted by molar-refractivity contribution is 7.25. The highest BCUT2D eigenvalue weighted by atomic mass is 32.1. The Morgan fingerprint density at radius 1 is 0.340 bits per heavy atom. The molecule has 10 rings (SSSR count). The molecule has 4 aromatic heterocycles. The molecule has 0 bridgehead atoms. The average molecular weight is 698 g/mol. The van der Waals surface area contributed by atoms with Crippen LogP contribution in [0.4, 0.5) is 0 Å².